The summed E-state index contributed by atoms with van der Waals surface area (Å²) in [6.07, 6.45) is -5.10. The second kappa shape index (κ2) is 10.0. The Hall–Kier alpha value is -1.96. The maximum Gasteiger partial charge on any atom is 0.411 e. The lowest BCUT2D eigenvalue weighted by atomic mass is 10.1. The van der Waals surface area contributed by atoms with E-state index < -0.39 is 18.9 Å². The number of carbonyl (C=O) groups is 1. The fraction of sp³-hybridized carbons (Fsp3) is 0.316. The summed E-state index contributed by atoms with van der Waals surface area (Å²) in [5.41, 5.74) is 1.39. The van der Waals surface area contributed by atoms with Gasteiger partial charge in [0.2, 0.25) is 0 Å². The Morgan fingerprint density at radius 3 is 2.32 bits per heavy atom. The van der Waals surface area contributed by atoms with Crippen molar-refractivity contribution in [2.24, 2.45) is 0 Å². The van der Waals surface area contributed by atoms with Crippen molar-refractivity contribution in [2.45, 2.75) is 32.4 Å². The van der Waals surface area contributed by atoms with Crippen LogP contribution >= 0.6 is 23.2 Å². The van der Waals surface area contributed by atoms with Gasteiger partial charge in [-0.25, -0.2) is 0 Å². The summed E-state index contributed by atoms with van der Waals surface area (Å²) in [4.78, 5) is 12.2. The van der Waals surface area contributed by atoms with Crippen molar-refractivity contribution in [3.63, 3.8) is 0 Å². The smallest absolute Gasteiger partial charge is 0.411 e. The number of amides is 1. The second-order valence-corrected chi connectivity index (χ2v) is 6.79. The summed E-state index contributed by atoms with van der Waals surface area (Å²) in [6.45, 7) is 0.415. The maximum atomic E-state index is 12.2. The maximum absolute atomic E-state index is 12.2. The summed E-state index contributed by atoms with van der Waals surface area (Å²) >= 11 is 11.7. The predicted molar refractivity (Wildman–Crippen MR) is 101 cm³/mol. The Labute approximate surface area is 170 Å². The summed E-state index contributed by atoms with van der Waals surface area (Å²) in [5, 5.41) is 3.44. The third kappa shape index (κ3) is 7.58. The molecule has 0 aliphatic carbocycles. The standard InChI is InChI=1S/C19H18Cl2F3NO3/c1-12(28-15-6-7-16(20)17(21)8-15)18(26)25-9-13-2-4-14(5-3-13)10-27-11-19(22,23)24/h2-8,12H,9-11H2,1H3,(H,25,26). The molecule has 9 heteroatoms. The number of nitrogens with one attached hydrogen (secondary N) is 1. The molecule has 0 saturated heterocycles. The predicted octanol–water partition coefficient (Wildman–Crippen LogP) is 5.16. The topological polar surface area (TPSA) is 47.6 Å². The molecule has 1 unspecified atom stereocenters. The molecule has 0 bridgehead atoms. The summed E-state index contributed by atoms with van der Waals surface area (Å²) < 4.78 is 46.3. The zero-order valence-corrected chi connectivity index (χ0v) is 16.4. The van der Waals surface area contributed by atoms with Gasteiger partial charge in [0.15, 0.2) is 6.10 Å². The Bertz CT molecular complexity index is 798. The number of hydrogen-bond acceptors (Lipinski definition) is 3. The average molecular weight is 436 g/mol. The summed E-state index contributed by atoms with van der Waals surface area (Å²) in [6, 6.07) is 11.4. The Morgan fingerprint density at radius 1 is 1.07 bits per heavy atom. The molecule has 152 valence electrons. The van der Waals surface area contributed by atoms with Gasteiger partial charge in [0.25, 0.3) is 5.91 Å². The fourth-order valence-corrected chi connectivity index (χ4v) is 2.47. The van der Waals surface area contributed by atoms with Crippen molar-refractivity contribution in [1.82, 2.24) is 5.32 Å². The average Bonchev–Trinajstić information content (AvgIpc) is 2.62. The molecular weight excluding hydrogens is 418 g/mol. The van der Waals surface area contributed by atoms with E-state index in [0.29, 0.717) is 21.4 Å². The van der Waals surface area contributed by atoms with Crippen LogP contribution in [0.25, 0.3) is 0 Å². The fourth-order valence-electron chi connectivity index (χ4n) is 2.18. The molecule has 0 aliphatic rings. The highest BCUT2D eigenvalue weighted by molar-refractivity contribution is 6.42. The highest BCUT2D eigenvalue weighted by atomic mass is 35.5. The van der Waals surface area contributed by atoms with Crippen LogP contribution in [0.1, 0.15) is 18.1 Å². The SMILES string of the molecule is CC(Oc1ccc(Cl)c(Cl)c1)C(=O)NCc1ccc(COCC(F)(F)F)cc1. The molecular formula is C19H18Cl2F3NO3. The first-order valence-electron chi connectivity index (χ1n) is 8.26. The number of ether oxygens (including phenoxy) is 2. The van der Waals surface area contributed by atoms with E-state index in [0.717, 1.165) is 5.56 Å². The van der Waals surface area contributed by atoms with Crippen LogP contribution in [0.3, 0.4) is 0 Å². The van der Waals surface area contributed by atoms with E-state index in [-0.39, 0.29) is 19.1 Å². The monoisotopic (exact) mass is 435 g/mol. The van der Waals surface area contributed by atoms with Crippen LogP contribution in [0, 0.1) is 0 Å². The van der Waals surface area contributed by atoms with E-state index in [1.165, 1.54) is 6.07 Å². The highest BCUT2D eigenvalue weighted by Gasteiger charge is 2.27. The van der Waals surface area contributed by atoms with Crippen molar-refractivity contribution >= 4 is 29.1 Å². The minimum Gasteiger partial charge on any atom is -0.481 e. The van der Waals surface area contributed by atoms with E-state index in [4.69, 9.17) is 27.9 Å². The van der Waals surface area contributed by atoms with Crippen molar-refractivity contribution in [1.29, 1.82) is 0 Å². The van der Waals surface area contributed by atoms with Crippen LogP contribution in [-0.2, 0) is 22.7 Å². The van der Waals surface area contributed by atoms with Gasteiger partial charge in [0.1, 0.15) is 12.4 Å². The van der Waals surface area contributed by atoms with Crippen molar-refractivity contribution in [3.8, 4) is 5.75 Å². The molecule has 1 atom stereocenters. The molecule has 0 aromatic heterocycles. The van der Waals surface area contributed by atoms with Crippen LogP contribution in [0.4, 0.5) is 13.2 Å². The third-order valence-electron chi connectivity index (χ3n) is 3.60. The van der Waals surface area contributed by atoms with Gasteiger partial charge in [-0.1, -0.05) is 47.5 Å². The molecule has 1 amide bonds. The molecule has 2 aromatic rings. The number of halogens is 5. The van der Waals surface area contributed by atoms with Gasteiger partial charge in [0, 0.05) is 12.6 Å². The van der Waals surface area contributed by atoms with Gasteiger partial charge < -0.3 is 14.8 Å². The zero-order chi connectivity index (χ0) is 20.7. The Kier molecular flexibility index (Phi) is 7.98. The number of rotatable bonds is 8. The van der Waals surface area contributed by atoms with Crippen LogP contribution in [0.2, 0.25) is 10.0 Å². The minimum atomic E-state index is -4.35. The number of hydrogen-bond donors (Lipinski definition) is 1. The van der Waals surface area contributed by atoms with Crippen LogP contribution in [0.5, 0.6) is 5.75 Å². The van der Waals surface area contributed by atoms with E-state index >= 15 is 0 Å². The summed E-state index contributed by atoms with van der Waals surface area (Å²) in [5.74, 6) is 0.0870. The first-order valence-corrected chi connectivity index (χ1v) is 9.01. The van der Waals surface area contributed by atoms with Crippen molar-refractivity contribution in [2.75, 3.05) is 6.61 Å². The van der Waals surface area contributed by atoms with Gasteiger partial charge in [0.05, 0.1) is 16.7 Å². The quantitative estimate of drug-likeness (QED) is 0.622. The lowest BCUT2D eigenvalue weighted by Crippen LogP contribution is -2.35. The Balaban J connectivity index is 1.79. The first-order chi connectivity index (χ1) is 13.1. The molecule has 0 fully saturated rings. The third-order valence-corrected chi connectivity index (χ3v) is 4.34. The Morgan fingerprint density at radius 2 is 1.71 bits per heavy atom. The molecule has 0 aliphatic heterocycles. The first kappa shape index (κ1) is 22.3. The van der Waals surface area contributed by atoms with Crippen molar-refractivity contribution < 1.29 is 27.4 Å². The highest BCUT2D eigenvalue weighted by Crippen LogP contribution is 2.26. The molecule has 4 nitrogen and oxygen atoms in total. The van der Waals surface area contributed by atoms with Crippen LogP contribution in [0.15, 0.2) is 42.5 Å². The number of benzene rings is 2. The van der Waals surface area contributed by atoms with Crippen molar-refractivity contribution in [3.05, 3.63) is 63.6 Å². The van der Waals surface area contributed by atoms with E-state index in [2.05, 4.69) is 10.1 Å². The number of alkyl halides is 3. The molecule has 0 saturated carbocycles. The van der Waals surface area contributed by atoms with Gasteiger partial charge in [-0.3, -0.25) is 4.79 Å². The summed E-state index contributed by atoms with van der Waals surface area (Å²) in [7, 11) is 0. The van der Waals surface area contributed by atoms with E-state index in [1.54, 1.807) is 43.3 Å². The van der Waals surface area contributed by atoms with Crippen LogP contribution in [-0.4, -0.2) is 24.8 Å². The largest absolute Gasteiger partial charge is 0.481 e. The lowest BCUT2D eigenvalue weighted by molar-refractivity contribution is -0.176. The molecule has 2 aromatic carbocycles. The molecule has 0 spiro atoms. The lowest BCUT2D eigenvalue weighted by Gasteiger charge is -2.15. The zero-order valence-electron chi connectivity index (χ0n) is 14.9. The van der Waals surface area contributed by atoms with E-state index in [9.17, 15) is 18.0 Å². The second-order valence-electron chi connectivity index (χ2n) is 5.98. The molecule has 2 rings (SSSR count). The van der Waals surface area contributed by atoms with Crippen LogP contribution < -0.4 is 10.1 Å². The van der Waals surface area contributed by atoms with E-state index in [1.807, 2.05) is 0 Å². The van der Waals surface area contributed by atoms with Gasteiger partial charge in [-0.2, -0.15) is 13.2 Å². The minimum absolute atomic E-state index is 0.138. The van der Waals surface area contributed by atoms with Gasteiger partial charge >= 0.3 is 6.18 Å². The van der Waals surface area contributed by atoms with Gasteiger partial charge in [-0.05, 0) is 30.2 Å². The molecule has 1 N–H and O–H groups in total. The van der Waals surface area contributed by atoms with Gasteiger partial charge in [-0.15, -0.1) is 0 Å². The number of carbonyl (C=O) groups excluding carboxylic acids is 1. The molecule has 28 heavy (non-hydrogen) atoms. The normalized spacial score (nSPS) is 12.5. The molecule has 0 radical (unpaired) electrons. The molecule has 0 heterocycles.